The summed E-state index contributed by atoms with van der Waals surface area (Å²) in [5, 5.41) is 0.766. The summed E-state index contributed by atoms with van der Waals surface area (Å²) >= 11 is 1.56. The molecule has 1 amide bonds. The maximum atomic E-state index is 12.8. The van der Waals surface area contributed by atoms with Crippen LogP contribution in [0.15, 0.2) is 73.1 Å². The van der Waals surface area contributed by atoms with Crippen molar-refractivity contribution in [2.24, 2.45) is 0 Å². The highest BCUT2D eigenvalue weighted by molar-refractivity contribution is 7.22. The highest BCUT2D eigenvalue weighted by Gasteiger charge is 2.18. The molecule has 5 heteroatoms. The molecule has 0 spiro atoms. The Balaban J connectivity index is 1.52. The van der Waals surface area contributed by atoms with Crippen LogP contribution in [0, 0.1) is 0 Å². The molecule has 0 aliphatic heterocycles. The summed E-state index contributed by atoms with van der Waals surface area (Å²) in [6.45, 7) is 2.60. The average Bonchev–Trinajstić information content (AvgIpc) is 3.32. The fraction of sp³-hybridized carbons (Fsp3) is 0.143. The van der Waals surface area contributed by atoms with E-state index in [0.717, 1.165) is 26.6 Å². The van der Waals surface area contributed by atoms with Gasteiger partial charge in [0.05, 0.1) is 16.6 Å². The standard InChI is InChI=1S/C21H19N3OS/c1-2-24(21-22-18-7-3-4-8-19(18)26-21)20(25)15-16-9-11-17(12-10-16)23-13-5-6-14-23/h3-14H,2,15H2,1H3. The van der Waals surface area contributed by atoms with E-state index in [0.29, 0.717) is 13.0 Å². The monoisotopic (exact) mass is 361 g/mol. The normalized spacial score (nSPS) is 11.0. The highest BCUT2D eigenvalue weighted by atomic mass is 32.1. The van der Waals surface area contributed by atoms with E-state index in [4.69, 9.17) is 0 Å². The molecule has 0 bridgehead atoms. The first kappa shape index (κ1) is 16.5. The number of hydrogen-bond acceptors (Lipinski definition) is 3. The van der Waals surface area contributed by atoms with Crippen LogP contribution in [-0.4, -0.2) is 22.0 Å². The molecule has 0 saturated heterocycles. The first-order valence-electron chi connectivity index (χ1n) is 8.63. The number of anilines is 1. The number of carbonyl (C=O) groups excluding carboxylic acids is 1. The van der Waals surface area contributed by atoms with Gasteiger partial charge in [-0.25, -0.2) is 4.98 Å². The van der Waals surface area contributed by atoms with Crippen LogP contribution in [-0.2, 0) is 11.2 Å². The maximum Gasteiger partial charge on any atom is 0.233 e. The van der Waals surface area contributed by atoms with Crippen molar-refractivity contribution in [3.63, 3.8) is 0 Å². The number of aromatic nitrogens is 2. The topological polar surface area (TPSA) is 38.1 Å². The van der Waals surface area contributed by atoms with Crippen LogP contribution in [0.5, 0.6) is 0 Å². The molecule has 0 N–H and O–H groups in total. The van der Waals surface area contributed by atoms with Crippen molar-refractivity contribution in [1.29, 1.82) is 0 Å². The molecule has 4 nitrogen and oxygen atoms in total. The van der Waals surface area contributed by atoms with Gasteiger partial charge in [0, 0.05) is 24.6 Å². The second-order valence-corrected chi connectivity index (χ2v) is 7.04. The summed E-state index contributed by atoms with van der Waals surface area (Å²) < 4.78 is 3.15. The summed E-state index contributed by atoms with van der Waals surface area (Å²) in [4.78, 5) is 19.2. The van der Waals surface area contributed by atoms with E-state index in [2.05, 4.69) is 4.98 Å². The zero-order valence-corrected chi connectivity index (χ0v) is 15.3. The molecule has 26 heavy (non-hydrogen) atoms. The first-order chi connectivity index (χ1) is 12.7. The number of rotatable bonds is 5. The Kier molecular flexibility index (Phi) is 4.54. The van der Waals surface area contributed by atoms with Gasteiger partial charge in [-0.05, 0) is 48.9 Å². The molecule has 2 aromatic heterocycles. The summed E-state index contributed by atoms with van der Waals surface area (Å²) in [7, 11) is 0. The van der Waals surface area contributed by atoms with Crippen molar-refractivity contribution < 1.29 is 4.79 Å². The van der Waals surface area contributed by atoms with Crippen LogP contribution in [0.2, 0.25) is 0 Å². The van der Waals surface area contributed by atoms with Gasteiger partial charge < -0.3 is 4.57 Å². The number of benzene rings is 2. The second-order valence-electron chi connectivity index (χ2n) is 6.04. The Morgan fingerprint density at radius 1 is 1.04 bits per heavy atom. The molecule has 0 fully saturated rings. The molecule has 2 aromatic carbocycles. The smallest absolute Gasteiger partial charge is 0.233 e. The van der Waals surface area contributed by atoms with Gasteiger partial charge >= 0.3 is 0 Å². The Labute approximate surface area is 156 Å². The molecule has 0 atom stereocenters. The van der Waals surface area contributed by atoms with Gasteiger partial charge in [0.2, 0.25) is 5.91 Å². The Morgan fingerprint density at radius 2 is 1.77 bits per heavy atom. The minimum atomic E-state index is 0.0697. The molecule has 0 unspecified atom stereocenters. The van der Waals surface area contributed by atoms with Crippen LogP contribution in [0.3, 0.4) is 0 Å². The zero-order chi connectivity index (χ0) is 17.9. The van der Waals surface area contributed by atoms with Crippen molar-refractivity contribution in [2.75, 3.05) is 11.4 Å². The van der Waals surface area contributed by atoms with Gasteiger partial charge in [-0.1, -0.05) is 35.6 Å². The Hall–Kier alpha value is -2.92. The lowest BCUT2D eigenvalue weighted by atomic mass is 10.1. The predicted molar refractivity (Wildman–Crippen MR) is 107 cm³/mol. The van der Waals surface area contributed by atoms with Crippen LogP contribution < -0.4 is 4.90 Å². The average molecular weight is 361 g/mol. The molecular weight excluding hydrogens is 342 g/mol. The molecule has 0 saturated carbocycles. The molecule has 4 aromatic rings. The molecular formula is C21H19N3OS. The number of thiazole rings is 1. The minimum Gasteiger partial charge on any atom is -0.324 e. The quantitative estimate of drug-likeness (QED) is 0.517. The number of para-hydroxylation sites is 1. The van der Waals surface area contributed by atoms with E-state index in [9.17, 15) is 4.79 Å². The summed E-state index contributed by atoms with van der Waals surface area (Å²) in [6.07, 6.45) is 4.38. The molecule has 0 aliphatic rings. The largest absolute Gasteiger partial charge is 0.324 e. The van der Waals surface area contributed by atoms with Crippen LogP contribution in [0.1, 0.15) is 12.5 Å². The number of carbonyl (C=O) groups is 1. The lowest BCUT2D eigenvalue weighted by molar-refractivity contribution is -0.117. The molecule has 0 aliphatic carbocycles. The van der Waals surface area contributed by atoms with E-state index in [1.54, 1.807) is 16.2 Å². The van der Waals surface area contributed by atoms with Gasteiger partial charge in [0.1, 0.15) is 0 Å². The van der Waals surface area contributed by atoms with E-state index in [1.165, 1.54) is 0 Å². The lowest BCUT2D eigenvalue weighted by Crippen LogP contribution is -2.31. The van der Waals surface area contributed by atoms with Crippen molar-refractivity contribution in [3.8, 4) is 5.69 Å². The van der Waals surface area contributed by atoms with Gasteiger partial charge in [-0.2, -0.15) is 0 Å². The zero-order valence-electron chi connectivity index (χ0n) is 14.5. The molecule has 130 valence electrons. The van der Waals surface area contributed by atoms with Gasteiger partial charge in [-0.3, -0.25) is 9.69 Å². The second kappa shape index (κ2) is 7.14. The Morgan fingerprint density at radius 3 is 2.46 bits per heavy atom. The fourth-order valence-corrected chi connectivity index (χ4v) is 4.00. The number of nitrogens with zero attached hydrogens (tertiary/aromatic N) is 3. The minimum absolute atomic E-state index is 0.0697. The van der Waals surface area contributed by atoms with Gasteiger partial charge in [0.25, 0.3) is 0 Å². The summed E-state index contributed by atoms with van der Waals surface area (Å²) in [5.74, 6) is 0.0697. The van der Waals surface area contributed by atoms with Gasteiger partial charge in [-0.15, -0.1) is 0 Å². The van der Waals surface area contributed by atoms with Crippen molar-refractivity contribution in [1.82, 2.24) is 9.55 Å². The fourth-order valence-electron chi connectivity index (χ4n) is 2.96. The van der Waals surface area contributed by atoms with Crippen molar-refractivity contribution in [2.45, 2.75) is 13.3 Å². The van der Waals surface area contributed by atoms with E-state index >= 15 is 0 Å². The summed E-state index contributed by atoms with van der Waals surface area (Å²) in [5.41, 5.74) is 3.03. The third-order valence-electron chi connectivity index (χ3n) is 4.33. The van der Waals surface area contributed by atoms with Crippen LogP contribution in [0.25, 0.3) is 15.9 Å². The lowest BCUT2D eigenvalue weighted by Gasteiger charge is -2.17. The van der Waals surface area contributed by atoms with Gasteiger partial charge in [0.15, 0.2) is 5.13 Å². The SMILES string of the molecule is CCN(C(=O)Cc1ccc(-n2cccc2)cc1)c1nc2ccccc2s1. The van der Waals surface area contributed by atoms with E-state index < -0.39 is 0 Å². The molecule has 2 heterocycles. The van der Waals surface area contributed by atoms with Crippen molar-refractivity contribution >= 4 is 32.6 Å². The van der Waals surface area contributed by atoms with Crippen molar-refractivity contribution in [3.05, 3.63) is 78.6 Å². The highest BCUT2D eigenvalue weighted by Crippen LogP contribution is 2.28. The van der Waals surface area contributed by atoms with E-state index in [-0.39, 0.29) is 5.91 Å². The Bertz CT molecular complexity index is 986. The number of amides is 1. The van der Waals surface area contributed by atoms with Crippen LogP contribution >= 0.6 is 11.3 Å². The third-order valence-corrected chi connectivity index (χ3v) is 5.38. The first-order valence-corrected chi connectivity index (χ1v) is 9.44. The van der Waals surface area contributed by atoms with Crippen LogP contribution in [0.4, 0.5) is 5.13 Å². The number of fused-ring (bicyclic) bond motifs is 1. The summed E-state index contributed by atoms with van der Waals surface area (Å²) in [6, 6.07) is 20.1. The maximum absolute atomic E-state index is 12.8. The van der Waals surface area contributed by atoms with E-state index in [1.807, 2.05) is 84.5 Å². The number of likely N-dealkylation sites (N-methyl/N-ethyl adjacent to an activating group) is 1. The molecule has 4 rings (SSSR count). The number of hydrogen-bond donors (Lipinski definition) is 0. The third kappa shape index (κ3) is 3.26. The predicted octanol–water partition coefficient (Wildman–Crippen LogP) is 4.68. The molecule has 0 radical (unpaired) electrons.